The zero-order chi connectivity index (χ0) is 21.3. The van der Waals surface area contributed by atoms with E-state index in [9.17, 15) is 8.42 Å². The molecular formula is C20H20N6O4S. The minimum Gasteiger partial charge on any atom is -0.356 e. The van der Waals surface area contributed by atoms with Gasteiger partial charge >= 0.3 is 0 Å². The Labute approximate surface area is 178 Å². The van der Waals surface area contributed by atoms with E-state index in [1.54, 1.807) is 24.7 Å². The van der Waals surface area contributed by atoms with Crippen LogP contribution in [0.15, 0.2) is 51.9 Å². The summed E-state index contributed by atoms with van der Waals surface area (Å²) in [5, 5.41) is 8.65. The van der Waals surface area contributed by atoms with Crippen molar-refractivity contribution in [1.29, 1.82) is 0 Å². The zero-order valence-corrected chi connectivity index (χ0v) is 17.4. The van der Waals surface area contributed by atoms with Crippen molar-refractivity contribution in [3.8, 4) is 11.5 Å². The van der Waals surface area contributed by atoms with E-state index >= 15 is 0 Å². The summed E-state index contributed by atoms with van der Waals surface area (Å²) < 4.78 is 38.3. The van der Waals surface area contributed by atoms with Gasteiger partial charge in [-0.25, -0.2) is 17.7 Å². The van der Waals surface area contributed by atoms with Gasteiger partial charge in [0.2, 0.25) is 21.7 Å². The lowest BCUT2D eigenvalue weighted by Gasteiger charge is -2.31. The van der Waals surface area contributed by atoms with Crippen LogP contribution in [-0.4, -0.2) is 51.1 Å². The summed E-state index contributed by atoms with van der Waals surface area (Å²) in [6.45, 7) is 0.893. The maximum absolute atomic E-state index is 13.1. The van der Waals surface area contributed by atoms with Crippen molar-refractivity contribution in [3.05, 3.63) is 54.4 Å². The number of hydrogen-bond donors (Lipinski definition) is 0. The van der Waals surface area contributed by atoms with Crippen LogP contribution in [0.3, 0.4) is 0 Å². The first kappa shape index (κ1) is 19.8. The van der Waals surface area contributed by atoms with Crippen molar-refractivity contribution in [2.24, 2.45) is 5.92 Å². The third-order valence-corrected chi connectivity index (χ3v) is 7.13. The van der Waals surface area contributed by atoms with Crippen LogP contribution in [0.4, 0.5) is 0 Å². The zero-order valence-electron chi connectivity index (χ0n) is 16.6. The molecule has 0 amide bonds. The number of piperidine rings is 1. The number of hydrogen-bond acceptors (Lipinski definition) is 9. The first-order valence-electron chi connectivity index (χ1n) is 9.98. The number of aromatic nitrogens is 5. The average Bonchev–Trinajstić information content (AvgIpc) is 3.42. The van der Waals surface area contributed by atoms with Crippen molar-refractivity contribution in [3.63, 3.8) is 0 Å². The van der Waals surface area contributed by atoms with E-state index in [-0.39, 0.29) is 11.7 Å². The van der Waals surface area contributed by atoms with E-state index in [0.717, 1.165) is 18.2 Å². The smallest absolute Gasteiger partial charge is 0.227 e. The van der Waals surface area contributed by atoms with Gasteiger partial charge in [-0.3, -0.25) is 4.98 Å². The minimum atomic E-state index is -3.53. The Morgan fingerprint density at radius 1 is 1.13 bits per heavy atom. The van der Waals surface area contributed by atoms with Gasteiger partial charge in [-0.05, 0) is 30.9 Å². The average molecular weight is 440 g/mol. The third-order valence-electron chi connectivity index (χ3n) is 5.37. The highest BCUT2D eigenvalue weighted by Crippen LogP contribution is 2.26. The van der Waals surface area contributed by atoms with E-state index in [0.29, 0.717) is 48.2 Å². The van der Waals surface area contributed by atoms with Gasteiger partial charge in [0.1, 0.15) is 17.1 Å². The molecule has 0 saturated carbocycles. The lowest BCUT2D eigenvalue weighted by molar-refractivity contribution is 0.246. The van der Waals surface area contributed by atoms with Gasteiger partial charge in [-0.2, -0.15) is 4.98 Å². The second-order valence-electron chi connectivity index (χ2n) is 7.55. The Bertz CT molecular complexity index is 1290. The van der Waals surface area contributed by atoms with E-state index in [4.69, 9.17) is 9.05 Å². The van der Waals surface area contributed by atoms with Crippen LogP contribution in [0.1, 0.15) is 24.4 Å². The van der Waals surface area contributed by atoms with E-state index in [1.807, 2.05) is 18.2 Å². The molecule has 11 heteroatoms. The molecule has 0 spiro atoms. The van der Waals surface area contributed by atoms with Gasteiger partial charge in [-0.1, -0.05) is 22.4 Å². The molecular weight excluding hydrogens is 420 g/mol. The highest BCUT2D eigenvalue weighted by atomic mass is 32.2. The van der Waals surface area contributed by atoms with E-state index < -0.39 is 10.0 Å². The molecule has 0 bridgehead atoms. The van der Waals surface area contributed by atoms with Crippen LogP contribution in [-0.2, 0) is 22.2 Å². The van der Waals surface area contributed by atoms with Crippen molar-refractivity contribution in [2.45, 2.75) is 25.0 Å². The molecule has 1 aliphatic rings. The van der Waals surface area contributed by atoms with Crippen LogP contribution in [0, 0.1) is 5.92 Å². The molecule has 31 heavy (non-hydrogen) atoms. The lowest BCUT2D eigenvalue weighted by Crippen LogP contribution is -2.41. The van der Waals surface area contributed by atoms with Crippen molar-refractivity contribution >= 4 is 21.0 Å². The topological polar surface area (TPSA) is 128 Å². The predicted octanol–water partition coefficient (Wildman–Crippen LogP) is 2.45. The molecule has 1 aliphatic heterocycles. The Kier molecular flexibility index (Phi) is 5.20. The van der Waals surface area contributed by atoms with Crippen molar-refractivity contribution < 1.29 is 17.5 Å². The lowest BCUT2D eigenvalue weighted by atomic mass is 9.96. The molecule has 1 fully saturated rings. The Hall–Kier alpha value is -3.18. The van der Waals surface area contributed by atoms with Gasteiger partial charge < -0.3 is 9.05 Å². The maximum Gasteiger partial charge on any atom is 0.227 e. The largest absolute Gasteiger partial charge is 0.356 e. The molecule has 0 N–H and O–H groups in total. The molecule has 5 rings (SSSR count). The number of para-hydroxylation sites is 1. The number of benzene rings is 1. The summed E-state index contributed by atoms with van der Waals surface area (Å²) in [4.78, 5) is 12.6. The van der Waals surface area contributed by atoms with Crippen LogP contribution in [0.25, 0.3) is 22.5 Å². The first-order valence-corrected chi connectivity index (χ1v) is 11.6. The van der Waals surface area contributed by atoms with Gasteiger partial charge in [-0.15, -0.1) is 0 Å². The fourth-order valence-electron chi connectivity index (χ4n) is 3.86. The summed E-state index contributed by atoms with van der Waals surface area (Å²) in [5.74, 6) is 0.745. The van der Waals surface area contributed by atoms with E-state index in [2.05, 4.69) is 25.3 Å². The minimum absolute atomic E-state index is 0.0905. The second kappa shape index (κ2) is 8.16. The third kappa shape index (κ3) is 4.19. The fraction of sp³-hybridized carbons (Fsp3) is 0.350. The van der Waals surface area contributed by atoms with Gasteiger partial charge in [0.25, 0.3) is 0 Å². The van der Waals surface area contributed by atoms with Gasteiger partial charge in [0, 0.05) is 37.3 Å². The number of fused-ring (bicyclic) bond motifs is 1. The second-order valence-corrected chi connectivity index (χ2v) is 9.52. The molecule has 4 heterocycles. The summed E-state index contributed by atoms with van der Waals surface area (Å²) >= 11 is 0. The number of sulfonamides is 1. The normalized spacial score (nSPS) is 17.9. The SMILES string of the molecule is O=S(=O)(Cc1noc2ccccc12)N1CCCC(Cc2nc(-c3cnccn3)no2)C1. The molecule has 1 unspecified atom stereocenters. The van der Waals surface area contributed by atoms with Gasteiger partial charge in [0.15, 0.2) is 5.58 Å². The summed E-state index contributed by atoms with van der Waals surface area (Å²) in [6, 6.07) is 7.26. The highest BCUT2D eigenvalue weighted by molar-refractivity contribution is 7.88. The quantitative estimate of drug-likeness (QED) is 0.444. The van der Waals surface area contributed by atoms with Gasteiger partial charge in [0.05, 0.1) is 6.20 Å². The van der Waals surface area contributed by atoms with Crippen LogP contribution in [0.2, 0.25) is 0 Å². The Balaban J connectivity index is 1.27. The fourth-order valence-corrected chi connectivity index (χ4v) is 5.44. The monoisotopic (exact) mass is 440 g/mol. The summed E-state index contributed by atoms with van der Waals surface area (Å²) in [7, 11) is -3.53. The van der Waals surface area contributed by atoms with Crippen molar-refractivity contribution in [2.75, 3.05) is 13.1 Å². The summed E-state index contributed by atoms with van der Waals surface area (Å²) in [5.41, 5.74) is 1.55. The van der Waals surface area contributed by atoms with E-state index in [1.165, 1.54) is 4.31 Å². The van der Waals surface area contributed by atoms with Crippen molar-refractivity contribution in [1.82, 2.24) is 29.6 Å². The molecule has 3 aromatic heterocycles. The van der Waals surface area contributed by atoms with Crippen LogP contribution >= 0.6 is 0 Å². The Morgan fingerprint density at radius 2 is 2.03 bits per heavy atom. The summed E-state index contributed by atoms with van der Waals surface area (Å²) in [6.07, 6.45) is 6.87. The highest BCUT2D eigenvalue weighted by Gasteiger charge is 2.31. The standard InChI is InChI=1S/C20H20N6O4S/c27-31(28,13-17-15-5-1-2-6-18(15)29-24-17)26-9-3-4-14(12-26)10-19-23-20(25-30-19)16-11-21-7-8-22-16/h1-2,5-8,11,14H,3-4,9-10,12-13H2. The molecule has 160 valence electrons. The number of nitrogens with zero attached hydrogens (tertiary/aromatic N) is 6. The molecule has 1 aromatic carbocycles. The first-order chi connectivity index (χ1) is 15.1. The Morgan fingerprint density at radius 3 is 2.90 bits per heavy atom. The number of rotatable bonds is 6. The van der Waals surface area contributed by atoms with Crippen LogP contribution < -0.4 is 0 Å². The molecule has 0 aliphatic carbocycles. The molecule has 10 nitrogen and oxygen atoms in total. The predicted molar refractivity (Wildman–Crippen MR) is 110 cm³/mol. The molecule has 0 radical (unpaired) electrons. The molecule has 4 aromatic rings. The molecule has 1 saturated heterocycles. The van der Waals surface area contributed by atoms with Crippen LogP contribution in [0.5, 0.6) is 0 Å². The molecule has 1 atom stereocenters. The maximum atomic E-state index is 13.1.